The van der Waals surface area contributed by atoms with Crippen molar-refractivity contribution in [1.29, 1.82) is 0 Å². The third-order valence-electron chi connectivity index (χ3n) is 3.81. The molecule has 0 aliphatic carbocycles. The first-order valence-corrected chi connectivity index (χ1v) is 4.83. The van der Waals surface area contributed by atoms with E-state index in [-0.39, 0.29) is 5.60 Å². The number of hydrogen-bond donors (Lipinski definition) is 1. The highest BCUT2D eigenvalue weighted by molar-refractivity contribution is 5.27. The van der Waals surface area contributed by atoms with E-state index in [2.05, 4.69) is 31.3 Å². The minimum Gasteiger partial charge on any atom is -0.362 e. The Morgan fingerprint density at radius 1 is 1.50 bits per heavy atom. The first kappa shape index (κ1) is 7.10. The molecule has 3 heterocycles. The Kier molecular flexibility index (Phi) is 1.15. The van der Waals surface area contributed by atoms with Crippen molar-refractivity contribution in [2.24, 2.45) is 11.8 Å². The van der Waals surface area contributed by atoms with Gasteiger partial charge in [0.05, 0.1) is 6.10 Å². The van der Waals surface area contributed by atoms with Crippen molar-refractivity contribution in [3.05, 3.63) is 12.2 Å². The second-order valence-electron chi connectivity index (χ2n) is 4.45. The van der Waals surface area contributed by atoms with Gasteiger partial charge in [0.25, 0.3) is 0 Å². The molecule has 2 nitrogen and oxygen atoms in total. The molecule has 0 saturated carbocycles. The van der Waals surface area contributed by atoms with Crippen LogP contribution < -0.4 is 5.32 Å². The van der Waals surface area contributed by atoms with E-state index < -0.39 is 0 Å². The van der Waals surface area contributed by atoms with Gasteiger partial charge in [-0.1, -0.05) is 19.1 Å². The van der Waals surface area contributed by atoms with E-state index in [1.165, 1.54) is 0 Å². The van der Waals surface area contributed by atoms with Crippen LogP contribution >= 0.6 is 0 Å². The van der Waals surface area contributed by atoms with Crippen LogP contribution in [0, 0.1) is 11.8 Å². The van der Waals surface area contributed by atoms with Gasteiger partial charge in [0.1, 0.15) is 5.60 Å². The van der Waals surface area contributed by atoms with Gasteiger partial charge in [0.15, 0.2) is 0 Å². The average molecular weight is 165 g/mol. The van der Waals surface area contributed by atoms with Crippen LogP contribution in [-0.4, -0.2) is 24.3 Å². The first-order chi connectivity index (χ1) is 5.73. The van der Waals surface area contributed by atoms with E-state index in [0.717, 1.165) is 6.54 Å². The van der Waals surface area contributed by atoms with Gasteiger partial charge in [-0.3, -0.25) is 0 Å². The lowest BCUT2D eigenvalue weighted by Crippen LogP contribution is -2.35. The summed E-state index contributed by atoms with van der Waals surface area (Å²) in [6.45, 7) is 5.59. The summed E-state index contributed by atoms with van der Waals surface area (Å²) in [5, 5.41) is 3.49. The van der Waals surface area contributed by atoms with Crippen molar-refractivity contribution in [1.82, 2.24) is 5.32 Å². The van der Waals surface area contributed by atoms with Crippen LogP contribution in [0.4, 0.5) is 0 Å². The van der Waals surface area contributed by atoms with E-state index in [1.807, 2.05) is 0 Å². The second kappa shape index (κ2) is 1.94. The molecular weight excluding hydrogens is 150 g/mol. The van der Waals surface area contributed by atoms with Crippen molar-refractivity contribution >= 4 is 0 Å². The summed E-state index contributed by atoms with van der Waals surface area (Å²) in [5.41, 5.74) is 0.0729. The fourth-order valence-electron chi connectivity index (χ4n) is 3.26. The fraction of sp³-hybridized carbons (Fsp3) is 0.800. The third kappa shape index (κ3) is 0.603. The second-order valence-corrected chi connectivity index (χ2v) is 4.45. The van der Waals surface area contributed by atoms with Gasteiger partial charge < -0.3 is 10.1 Å². The molecule has 2 saturated heterocycles. The molecule has 0 radical (unpaired) electrons. The molecule has 3 rings (SSSR count). The Morgan fingerprint density at radius 2 is 2.33 bits per heavy atom. The Labute approximate surface area is 73.0 Å². The molecule has 0 aromatic heterocycles. The highest BCUT2D eigenvalue weighted by atomic mass is 16.5. The fourth-order valence-corrected chi connectivity index (χ4v) is 3.26. The first-order valence-electron chi connectivity index (χ1n) is 4.83. The summed E-state index contributed by atoms with van der Waals surface area (Å²) < 4.78 is 5.99. The molecule has 3 aliphatic rings. The van der Waals surface area contributed by atoms with E-state index in [0.29, 0.717) is 24.0 Å². The maximum Gasteiger partial charge on any atom is 0.104 e. The minimum absolute atomic E-state index is 0.0729. The van der Waals surface area contributed by atoms with Crippen molar-refractivity contribution in [3.8, 4) is 0 Å². The Hall–Kier alpha value is -0.340. The van der Waals surface area contributed by atoms with Crippen LogP contribution in [0.3, 0.4) is 0 Å². The number of rotatable bonds is 0. The van der Waals surface area contributed by atoms with Crippen molar-refractivity contribution < 1.29 is 4.74 Å². The van der Waals surface area contributed by atoms with E-state index >= 15 is 0 Å². The van der Waals surface area contributed by atoms with Crippen LogP contribution in [0.2, 0.25) is 0 Å². The van der Waals surface area contributed by atoms with Gasteiger partial charge in [0.2, 0.25) is 0 Å². The Balaban J connectivity index is 2.06. The summed E-state index contributed by atoms with van der Waals surface area (Å²) >= 11 is 0. The molecule has 2 bridgehead atoms. The third-order valence-corrected chi connectivity index (χ3v) is 3.81. The van der Waals surface area contributed by atoms with Crippen LogP contribution in [-0.2, 0) is 4.74 Å². The minimum atomic E-state index is 0.0729. The van der Waals surface area contributed by atoms with Crippen molar-refractivity contribution in [3.63, 3.8) is 0 Å². The van der Waals surface area contributed by atoms with Gasteiger partial charge in [-0.05, 0) is 12.8 Å². The van der Waals surface area contributed by atoms with Gasteiger partial charge in [-0.2, -0.15) is 0 Å². The van der Waals surface area contributed by atoms with Gasteiger partial charge in [-0.25, -0.2) is 0 Å². The predicted octanol–water partition coefficient (Wildman–Crippen LogP) is 0.938. The molecule has 0 aromatic rings. The van der Waals surface area contributed by atoms with Crippen LogP contribution in [0.5, 0.6) is 0 Å². The largest absolute Gasteiger partial charge is 0.362 e. The molecule has 66 valence electrons. The molecule has 2 fully saturated rings. The van der Waals surface area contributed by atoms with E-state index in [1.54, 1.807) is 0 Å². The van der Waals surface area contributed by atoms with Crippen molar-refractivity contribution in [2.45, 2.75) is 31.6 Å². The average Bonchev–Trinajstić information content (AvgIpc) is 2.65. The van der Waals surface area contributed by atoms with Gasteiger partial charge >= 0.3 is 0 Å². The molecule has 2 heteroatoms. The maximum atomic E-state index is 5.99. The van der Waals surface area contributed by atoms with Crippen molar-refractivity contribution in [2.75, 3.05) is 6.54 Å². The summed E-state index contributed by atoms with van der Waals surface area (Å²) in [7, 11) is 0. The molecule has 0 amide bonds. The number of ether oxygens (including phenoxy) is 1. The SMILES string of the molecule is C[C@@H]1[C@H]2[C@@H](C)NC[C@]23C=C[C@H]1O3. The topological polar surface area (TPSA) is 21.3 Å². The van der Waals surface area contributed by atoms with Crippen LogP contribution in [0.1, 0.15) is 13.8 Å². The summed E-state index contributed by atoms with van der Waals surface area (Å²) in [4.78, 5) is 0. The van der Waals surface area contributed by atoms with Gasteiger partial charge in [0, 0.05) is 18.5 Å². The lowest BCUT2D eigenvalue weighted by molar-refractivity contribution is 0.0306. The molecule has 3 aliphatic heterocycles. The Morgan fingerprint density at radius 3 is 3.08 bits per heavy atom. The van der Waals surface area contributed by atoms with Crippen LogP contribution in [0.15, 0.2) is 12.2 Å². The molecular formula is C10H15NO. The summed E-state index contributed by atoms with van der Waals surface area (Å²) in [6.07, 6.45) is 4.92. The molecule has 0 unspecified atom stereocenters. The van der Waals surface area contributed by atoms with Gasteiger partial charge in [-0.15, -0.1) is 0 Å². The maximum absolute atomic E-state index is 5.99. The predicted molar refractivity (Wildman–Crippen MR) is 46.9 cm³/mol. The number of nitrogens with one attached hydrogen (secondary N) is 1. The number of hydrogen-bond acceptors (Lipinski definition) is 2. The summed E-state index contributed by atoms with van der Waals surface area (Å²) in [5.74, 6) is 1.40. The highest BCUT2D eigenvalue weighted by Crippen LogP contribution is 2.50. The quantitative estimate of drug-likeness (QED) is 0.539. The van der Waals surface area contributed by atoms with E-state index in [9.17, 15) is 0 Å². The number of fused-ring (bicyclic) bond motifs is 1. The van der Waals surface area contributed by atoms with Crippen LogP contribution in [0.25, 0.3) is 0 Å². The molecule has 5 atom stereocenters. The smallest absolute Gasteiger partial charge is 0.104 e. The highest BCUT2D eigenvalue weighted by Gasteiger charge is 2.59. The molecule has 1 N–H and O–H groups in total. The molecule has 0 aromatic carbocycles. The zero-order chi connectivity index (χ0) is 8.34. The normalized spacial score (nSPS) is 61.2. The molecule has 1 spiro atoms. The zero-order valence-corrected chi connectivity index (χ0v) is 7.58. The zero-order valence-electron chi connectivity index (χ0n) is 7.58. The Bertz CT molecular complexity index is 250. The lowest BCUT2D eigenvalue weighted by atomic mass is 9.76. The monoisotopic (exact) mass is 165 g/mol. The molecule has 12 heavy (non-hydrogen) atoms. The summed E-state index contributed by atoms with van der Waals surface area (Å²) in [6, 6.07) is 0.620. The lowest BCUT2D eigenvalue weighted by Gasteiger charge is -2.26. The van der Waals surface area contributed by atoms with E-state index in [4.69, 9.17) is 4.74 Å². The standard InChI is InChI=1S/C10H15NO/c1-6-8-3-4-10(12-8)5-11-7(2)9(6)10/h3-4,6-9,11H,5H2,1-2H3/t6-,7+,8+,9-,10+/m0/s1.